The molecule has 0 aliphatic carbocycles. The second kappa shape index (κ2) is 8.62. The standard InChI is InChI=1S/C20H24N4O5/c1-2-28-19(25)15-13-23-16-5-3-4-6-17(16)24(14-18(23)21-15)20(26)29-12-9-22-7-10-27-11-8-22/h3-6,13H,2,7-12,14H2,1H3. The zero-order valence-corrected chi connectivity index (χ0v) is 16.4. The molecular formula is C20H24N4O5. The van der Waals surface area contributed by atoms with E-state index in [9.17, 15) is 9.59 Å². The first-order valence-electron chi connectivity index (χ1n) is 9.76. The Morgan fingerprint density at radius 3 is 2.66 bits per heavy atom. The number of morpholine rings is 1. The molecule has 2 aromatic rings. The normalized spacial score (nSPS) is 16.1. The van der Waals surface area contributed by atoms with Crippen LogP contribution in [0, 0.1) is 0 Å². The van der Waals surface area contributed by atoms with Gasteiger partial charge < -0.3 is 14.2 Å². The van der Waals surface area contributed by atoms with Gasteiger partial charge in [0.05, 0.1) is 37.7 Å². The van der Waals surface area contributed by atoms with Crippen molar-refractivity contribution in [1.82, 2.24) is 14.5 Å². The molecule has 0 N–H and O–H groups in total. The number of hydrogen-bond acceptors (Lipinski definition) is 7. The topological polar surface area (TPSA) is 86.1 Å². The lowest BCUT2D eigenvalue weighted by atomic mass is 10.2. The summed E-state index contributed by atoms with van der Waals surface area (Å²) in [5, 5.41) is 0. The Morgan fingerprint density at radius 1 is 1.14 bits per heavy atom. The van der Waals surface area contributed by atoms with Crippen molar-refractivity contribution in [2.75, 3.05) is 51.0 Å². The van der Waals surface area contributed by atoms with Crippen LogP contribution in [0.15, 0.2) is 30.5 Å². The number of carbonyl (C=O) groups excluding carboxylic acids is 2. The number of anilines is 1. The summed E-state index contributed by atoms with van der Waals surface area (Å²) in [5.74, 6) is 0.100. The lowest BCUT2D eigenvalue weighted by molar-refractivity contribution is 0.0285. The van der Waals surface area contributed by atoms with E-state index >= 15 is 0 Å². The molecule has 154 valence electrons. The maximum absolute atomic E-state index is 12.8. The first kappa shape index (κ1) is 19.4. The number of para-hydroxylation sites is 2. The molecule has 0 bridgehead atoms. The summed E-state index contributed by atoms with van der Waals surface area (Å²) in [6.07, 6.45) is 1.21. The van der Waals surface area contributed by atoms with Gasteiger partial charge in [0.25, 0.3) is 0 Å². The third kappa shape index (κ3) is 4.10. The number of rotatable bonds is 5. The predicted molar refractivity (Wildman–Crippen MR) is 104 cm³/mol. The predicted octanol–water partition coefficient (Wildman–Crippen LogP) is 1.84. The van der Waals surface area contributed by atoms with Crippen LogP contribution < -0.4 is 4.90 Å². The molecule has 29 heavy (non-hydrogen) atoms. The molecule has 1 fully saturated rings. The van der Waals surface area contributed by atoms with Crippen molar-refractivity contribution in [2.45, 2.75) is 13.5 Å². The van der Waals surface area contributed by atoms with Gasteiger partial charge >= 0.3 is 12.1 Å². The summed E-state index contributed by atoms with van der Waals surface area (Å²) in [5.41, 5.74) is 1.70. The van der Waals surface area contributed by atoms with E-state index in [2.05, 4.69) is 9.88 Å². The highest BCUT2D eigenvalue weighted by Crippen LogP contribution is 2.32. The van der Waals surface area contributed by atoms with Crippen LogP contribution in [0.5, 0.6) is 0 Å². The molecule has 0 radical (unpaired) electrons. The monoisotopic (exact) mass is 400 g/mol. The minimum absolute atomic E-state index is 0.215. The van der Waals surface area contributed by atoms with Gasteiger partial charge in [0.15, 0.2) is 5.69 Å². The van der Waals surface area contributed by atoms with Gasteiger partial charge in [0, 0.05) is 25.8 Å². The van der Waals surface area contributed by atoms with E-state index in [4.69, 9.17) is 14.2 Å². The lowest BCUT2D eigenvalue weighted by Gasteiger charge is -2.30. The summed E-state index contributed by atoms with van der Waals surface area (Å²) in [6.45, 7) is 6.32. The number of hydrogen-bond donors (Lipinski definition) is 0. The third-order valence-electron chi connectivity index (χ3n) is 4.95. The van der Waals surface area contributed by atoms with Crippen molar-refractivity contribution in [2.24, 2.45) is 0 Å². The first-order valence-corrected chi connectivity index (χ1v) is 9.76. The van der Waals surface area contributed by atoms with Gasteiger partial charge in [0.1, 0.15) is 12.4 Å². The van der Waals surface area contributed by atoms with Gasteiger partial charge in [-0.1, -0.05) is 12.1 Å². The number of aromatic nitrogens is 2. The second-order valence-electron chi connectivity index (χ2n) is 6.78. The van der Waals surface area contributed by atoms with Crippen LogP contribution in [-0.4, -0.2) is 72.6 Å². The van der Waals surface area contributed by atoms with Crippen LogP contribution in [0.1, 0.15) is 23.2 Å². The average Bonchev–Trinajstić information content (AvgIpc) is 3.19. The third-order valence-corrected chi connectivity index (χ3v) is 4.95. The maximum atomic E-state index is 12.8. The fourth-order valence-electron chi connectivity index (χ4n) is 3.49. The van der Waals surface area contributed by atoms with E-state index in [1.807, 2.05) is 28.8 Å². The zero-order valence-electron chi connectivity index (χ0n) is 16.4. The minimum Gasteiger partial charge on any atom is -0.461 e. The van der Waals surface area contributed by atoms with E-state index in [1.54, 1.807) is 18.0 Å². The lowest BCUT2D eigenvalue weighted by Crippen LogP contribution is -2.40. The molecule has 1 amide bonds. The van der Waals surface area contributed by atoms with Gasteiger partial charge in [0.2, 0.25) is 0 Å². The largest absolute Gasteiger partial charge is 0.461 e. The van der Waals surface area contributed by atoms with Crippen molar-refractivity contribution < 1.29 is 23.8 Å². The SMILES string of the molecule is CCOC(=O)c1cn2c(n1)CN(C(=O)OCCN1CCOCC1)c1ccccc1-2. The van der Waals surface area contributed by atoms with E-state index in [-0.39, 0.29) is 18.8 Å². The number of nitrogens with zero attached hydrogens (tertiary/aromatic N) is 4. The van der Waals surface area contributed by atoms with Gasteiger partial charge in [-0.05, 0) is 19.1 Å². The molecule has 3 heterocycles. The van der Waals surface area contributed by atoms with Crippen LogP contribution in [0.2, 0.25) is 0 Å². The van der Waals surface area contributed by atoms with Gasteiger partial charge in [-0.3, -0.25) is 14.4 Å². The van der Waals surface area contributed by atoms with E-state index < -0.39 is 12.1 Å². The van der Waals surface area contributed by atoms with Crippen LogP contribution in [0.4, 0.5) is 10.5 Å². The highest BCUT2D eigenvalue weighted by atomic mass is 16.6. The number of fused-ring (bicyclic) bond motifs is 3. The Morgan fingerprint density at radius 2 is 1.90 bits per heavy atom. The Bertz CT molecular complexity index is 891. The molecule has 4 rings (SSSR count). The Labute approximate surface area is 168 Å². The fraction of sp³-hybridized carbons (Fsp3) is 0.450. The highest BCUT2D eigenvalue weighted by molar-refractivity contribution is 5.92. The number of ether oxygens (including phenoxy) is 3. The summed E-state index contributed by atoms with van der Waals surface area (Å²) >= 11 is 0. The number of benzene rings is 1. The summed E-state index contributed by atoms with van der Waals surface area (Å²) in [6, 6.07) is 7.47. The number of imidazole rings is 1. The molecule has 1 saturated heterocycles. The first-order chi connectivity index (χ1) is 14.2. The number of esters is 1. The van der Waals surface area contributed by atoms with Crippen LogP contribution in [0.25, 0.3) is 5.69 Å². The molecule has 0 spiro atoms. The minimum atomic E-state index is -0.480. The summed E-state index contributed by atoms with van der Waals surface area (Å²) < 4.78 is 17.7. The number of amides is 1. The Kier molecular flexibility index (Phi) is 5.77. The van der Waals surface area contributed by atoms with E-state index in [0.29, 0.717) is 37.9 Å². The molecule has 0 saturated carbocycles. The quantitative estimate of drug-likeness (QED) is 0.708. The molecule has 2 aliphatic heterocycles. The van der Waals surface area contributed by atoms with Crippen molar-refractivity contribution in [3.05, 3.63) is 42.0 Å². The van der Waals surface area contributed by atoms with Gasteiger partial charge in [-0.15, -0.1) is 0 Å². The molecule has 0 unspecified atom stereocenters. The summed E-state index contributed by atoms with van der Waals surface area (Å²) in [4.78, 5) is 33.0. The van der Waals surface area contributed by atoms with Gasteiger partial charge in [-0.25, -0.2) is 14.6 Å². The van der Waals surface area contributed by atoms with Crippen molar-refractivity contribution >= 4 is 17.7 Å². The highest BCUT2D eigenvalue weighted by Gasteiger charge is 2.30. The molecule has 0 atom stereocenters. The smallest absolute Gasteiger partial charge is 0.414 e. The Hall–Kier alpha value is -2.91. The van der Waals surface area contributed by atoms with Gasteiger partial charge in [-0.2, -0.15) is 0 Å². The van der Waals surface area contributed by atoms with Crippen LogP contribution >= 0.6 is 0 Å². The summed E-state index contributed by atoms with van der Waals surface area (Å²) in [7, 11) is 0. The Balaban J connectivity index is 1.49. The van der Waals surface area contributed by atoms with E-state index in [1.165, 1.54) is 0 Å². The zero-order chi connectivity index (χ0) is 20.2. The molecule has 1 aromatic heterocycles. The fourth-order valence-corrected chi connectivity index (χ4v) is 3.49. The van der Waals surface area contributed by atoms with Crippen LogP contribution in [0.3, 0.4) is 0 Å². The molecule has 2 aliphatic rings. The van der Waals surface area contributed by atoms with Crippen molar-refractivity contribution in [3.63, 3.8) is 0 Å². The van der Waals surface area contributed by atoms with Crippen LogP contribution in [-0.2, 0) is 20.8 Å². The molecular weight excluding hydrogens is 376 g/mol. The van der Waals surface area contributed by atoms with Crippen molar-refractivity contribution in [3.8, 4) is 5.69 Å². The maximum Gasteiger partial charge on any atom is 0.414 e. The molecule has 9 nitrogen and oxygen atoms in total. The van der Waals surface area contributed by atoms with Crippen molar-refractivity contribution in [1.29, 1.82) is 0 Å². The van der Waals surface area contributed by atoms with E-state index in [0.717, 1.165) is 18.8 Å². The average molecular weight is 400 g/mol. The second-order valence-corrected chi connectivity index (χ2v) is 6.78. The number of carbonyl (C=O) groups is 2. The molecule has 9 heteroatoms. The molecule has 1 aromatic carbocycles.